The minimum absolute atomic E-state index is 0.0777. The lowest BCUT2D eigenvalue weighted by molar-refractivity contribution is -0.147. The molecule has 1 fully saturated rings. The normalized spacial score (nSPS) is 19.7. The third-order valence-electron chi connectivity index (χ3n) is 2.80. The molecule has 1 aromatic rings. The van der Waals surface area contributed by atoms with Crippen LogP contribution in [-0.4, -0.2) is 47.7 Å². The Morgan fingerprint density at radius 1 is 1.53 bits per heavy atom. The number of hydrogen-bond acceptors (Lipinski definition) is 4. The van der Waals surface area contributed by atoms with Gasteiger partial charge in [0, 0.05) is 6.54 Å². The molecule has 1 amide bonds. The number of aliphatic carboxylic acids is 1. The third-order valence-corrected chi connectivity index (χ3v) is 3.72. The van der Waals surface area contributed by atoms with E-state index in [1.165, 1.54) is 11.4 Å². The van der Waals surface area contributed by atoms with Crippen molar-refractivity contribution in [2.45, 2.75) is 12.5 Å². The number of nitrogens with zero attached hydrogens (tertiary/aromatic N) is 1. The highest BCUT2D eigenvalue weighted by molar-refractivity contribution is 7.10. The summed E-state index contributed by atoms with van der Waals surface area (Å²) < 4.78 is 30.5. The molecule has 19 heavy (non-hydrogen) atoms. The molecule has 1 aliphatic heterocycles. The van der Waals surface area contributed by atoms with E-state index in [0.717, 1.165) is 16.2 Å². The van der Waals surface area contributed by atoms with E-state index in [2.05, 4.69) is 0 Å². The average molecular weight is 291 g/mol. The molecule has 2 rings (SSSR count). The number of ether oxygens (including phenoxy) is 1. The molecule has 1 unspecified atom stereocenters. The van der Waals surface area contributed by atoms with Gasteiger partial charge in [0.05, 0.1) is 23.7 Å². The van der Waals surface area contributed by atoms with Crippen LogP contribution in [0.4, 0.5) is 8.78 Å². The Bertz CT molecular complexity index is 491. The second kappa shape index (κ2) is 5.62. The summed E-state index contributed by atoms with van der Waals surface area (Å²) in [6, 6.07) is 0.162. The molecule has 0 bridgehead atoms. The van der Waals surface area contributed by atoms with E-state index < -0.39 is 24.3 Å². The van der Waals surface area contributed by atoms with Crippen LogP contribution in [0.2, 0.25) is 0 Å². The highest BCUT2D eigenvalue weighted by Gasteiger charge is 2.35. The molecule has 0 aromatic carbocycles. The van der Waals surface area contributed by atoms with Crippen molar-refractivity contribution in [1.29, 1.82) is 0 Å². The van der Waals surface area contributed by atoms with Gasteiger partial charge in [-0.05, 0) is 11.4 Å². The summed E-state index contributed by atoms with van der Waals surface area (Å²) in [5.74, 6) is -1.89. The second-order valence-corrected chi connectivity index (χ2v) is 4.87. The zero-order chi connectivity index (χ0) is 14.0. The monoisotopic (exact) mass is 291 g/mol. The average Bonchev–Trinajstić information content (AvgIpc) is 2.87. The van der Waals surface area contributed by atoms with Crippen molar-refractivity contribution in [3.63, 3.8) is 0 Å². The molecule has 5 nitrogen and oxygen atoms in total. The Hall–Kier alpha value is -1.54. The summed E-state index contributed by atoms with van der Waals surface area (Å²) in [5, 5.41) is 10.4. The molecular weight excluding hydrogens is 280 g/mol. The molecule has 0 spiro atoms. The predicted octanol–water partition coefficient (Wildman–Crippen LogP) is 1.61. The van der Waals surface area contributed by atoms with E-state index in [1.807, 2.05) is 0 Å². The number of amides is 1. The van der Waals surface area contributed by atoms with E-state index in [4.69, 9.17) is 9.84 Å². The zero-order valence-electron chi connectivity index (χ0n) is 9.71. The first kappa shape index (κ1) is 13.9. The number of rotatable bonds is 3. The van der Waals surface area contributed by atoms with Gasteiger partial charge < -0.3 is 14.7 Å². The van der Waals surface area contributed by atoms with Crippen LogP contribution in [0.5, 0.6) is 0 Å². The van der Waals surface area contributed by atoms with Gasteiger partial charge in [-0.25, -0.2) is 13.6 Å². The zero-order valence-corrected chi connectivity index (χ0v) is 10.5. The van der Waals surface area contributed by atoms with E-state index in [-0.39, 0.29) is 30.2 Å². The molecule has 0 aliphatic carbocycles. The first-order valence-corrected chi connectivity index (χ1v) is 6.37. The van der Waals surface area contributed by atoms with Crippen molar-refractivity contribution in [2.75, 3.05) is 19.8 Å². The lowest BCUT2D eigenvalue weighted by Gasteiger charge is -2.32. The lowest BCUT2D eigenvalue weighted by Crippen LogP contribution is -2.52. The van der Waals surface area contributed by atoms with Gasteiger partial charge in [0.25, 0.3) is 12.3 Å². The molecule has 0 saturated carbocycles. The van der Waals surface area contributed by atoms with Gasteiger partial charge in [-0.1, -0.05) is 0 Å². The van der Waals surface area contributed by atoms with Crippen LogP contribution in [0, 0.1) is 0 Å². The number of carbonyl (C=O) groups is 2. The number of halogens is 2. The number of thiophene rings is 1. The van der Waals surface area contributed by atoms with Crippen molar-refractivity contribution in [1.82, 2.24) is 4.90 Å². The van der Waals surface area contributed by atoms with Crippen LogP contribution in [0.15, 0.2) is 11.4 Å². The van der Waals surface area contributed by atoms with Crippen molar-refractivity contribution < 1.29 is 28.2 Å². The molecule has 0 radical (unpaired) electrons. The predicted molar refractivity (Wildman–Crippen MR) is 62.6 cm³/mol. The first-order chi connectivity index (χ1) is 9.02. The molecule has 104 valence electrons. The van der Waals surface area contributed by atoms with E-state index >= 15 is 0 Å². The highest BCUT2D eigenvalue weighted by Crippen LogP contribution is 2.29. The van der Waals surface area contributed by atoms with Crippen molar-refractivity contribution >= 4 is 23.2 Å². The molecule has 1 aromatic heterocycles. The molecule has 8 heteroatoms. The maximum absolute atomic E-state index is 12.7. The largest absolute Gasteiger partial charge is 0.480 e. The van der Waals surface area contributed by atoms with Crippen LogP contribution >= 0.6 is 11.3 Å². The van der Waals surface area contributed by atoms with Gasteiger partial charge in [0.2, 0.25) is 0 Å². The number of morpholine rings is 1. The van der Waals surface area contributed by atoms with E-state index in [9.17, 15) is 18.4 Å². The summed E-state index contributed by atoms with van der Waals surface area (Å²) in [7, 11) is 0. The molecule has 1 N–H and O–H groups in total. The fraction of sp³-hybridized carbons (Fsp3) is 0.455. The van der Waals surface area contributed by atoms with Crippen LogP contribution in [0.1, 0.15) is 21.7 Å². The highest BCUT2D eigenvalue weighted by atomic mass is 32.1. The quantitative estimate of drug-likeness (QED) is 0.918. The number of carbonyl (C=O) groups excluding carboxylic acids is 1. The summed E-state index contributed by atoms with van der Waals surface area (Å²) in [6.45, 7) is 0.146. The van der Waals surface area contributed by atoms with Crippen LogP contribution in [0.25, 0.3) is 0 Å². The topological polar surface area (TPSA) is 66.8 Å². The molecule has 1 atom stereocenters. The molecule has 1 aliphatic rings. The summed E-state index contributed by atoms with van der Waals surface area (Å²) in [5.41, 5.74) is -0.131. The van der Waals surface area contributed by atoms with E-state index in [1.54, 1.807) is 0 Å². The Morgan fingerprint density at radius 2 is 2.26 bits per heavy atom. The standard InChI is InChI=1S/C11H11F2NO4S/c12-9(13)8-6(1-4-19-8)10(15)14-2-3-18-5-7(14)11(16)17/h1,4,7,9H,2-3,5H2,(H,16,17). The smallest absolute Gasteiger partial charge is 0.328 e. The minimum atomic E-state index is -2.75. The summed E-state index contributed by atoms with van der Waals surface area (Å²) in [4.78, 5) is 24.0. The van der Waals surface area contributed by atoms with Gasteiger partial charge >= 0.3 is 5.97 Å². The van der Waals surface area contributed by atoms with Crippen molar-refractivity contribution in [2.24, 2.45) is 0 Å². The van der Waals surface area contributed by atoms with Gasteiger partial charge in [-0.2, -0.15) is 0 Å². The Labute approximate surface area is 111 Å². The Kier molecular flexibility index (Phi) is 4.11. The fourth-order valence-corrected chi connectivity index (χ4v) is 2.61. The Morgan fingerprint density at radius 3 is 2.89 bits per heavy atom. The summed E-state index contributed by atoms with van der Waals surface area (Å²) in [6.07, 6.45) is -2.75. The van der Waals surface area contributed by atoms with Crippen LogP contribution in [0.3, 0.4) is 0 Å². The lowest BCUT2D eigenvalue weighted by atomic mass is 10.1. The Balaban J connectivity index is 2.26. The number of hydrogen-bond donors (Lipinski definition) is 1. The first-order valence-electron chi connectivity index (χ1n) is 5.49. The molecule has 1 saturated heterocycles. The van der Waals surface area contributed by atoms with Gasteiger partial charge in [0.15, 0.2) is 6.04 Å². The number of alkyl halides is 2. The van der Waals surface area contributed by atoms with Crippen molar-refractivity contribution in [3.8, 4) is 0 Å². The van der Waals surface area contributed by atoms with Gasteiger partial charge in [0.1, 0.15) is 0 Å². The van der Waals surface area contributed by atoms with Crippen LogP contribution in [-0.2, 0) is 9.53 Å². The molecule has 2 heterocycles. The van der Waals surface area contributed by atoms with Crippen LogP contribution < -0.4 is 0 Å². The minimum Gasteiger partial charge on any atom is -0.480 e. The maximum Gasteiger partial charge on any atom is 0.328 e. The number of carboxylic acids is 1. The van der Waals surface area contributed by atoms with E-state index in [0.29, 0.717) is 0 Å². The second-order valence-electron chi connectivity index (χ2n) is 3.93. The third kappa shape index (κ3) is 2.74. The summed E-state index contributed by atoms with van der Waals surface area (Å²) >= 11 is 0.783. The number of carboxylic acid groups (broad SMARTS) is 1. The molecular formula is C11H11F2NO4S. The fourth-order valence-electron chi connectivity index (χ4n) is 1.87. The maximum atomic E-state index is 12.7. The van der Waals surface area contributed by atoms with Crippen molar-refractivity contribution in [3.05, 3.63) is 21.9 Å². The SMILES string of the molecule is O=C(O)C1COCCN1C(=O)c1ccsc1C(F)F. The van der Waals surface area contributed by atoms with Gasteiger partial charge in [-0.3, -0.25) is 4.79 Å². The van der Waals surface area contributed by atoms with Gasteiger partial charge in [-0.15, -0.1) is 11.3 Å².